The molecule has 0 saturated heterocycles. The van der Waals surface area contributed by atoms with Crippen molar-refractivity contribution in [2.75, 3.05) is 34.5 Å². The van der Waals surface area contributed by atoms with Crippen LogP contribution in [0.2, 0.25) is 6.04 Å². The third-order valence-corrected chi connectivity index (χ3v) is 7.16. The van der Waals surface area contributed by atoms with Gasteiger partial charge in [-0.15, -0.1) is 0 Å². The Kier molecular flexibility index (Phi) is 8.80. The first-order valence-electron chi connectivity index (χ1n) is 9.29. The Hall–Kier alpha value is -1.86. The molecule has 0 N–H and O–H groups in total. The highest BCUT2D eigenvalue weighted by Crippen LogP contribution is 2.38. The molecular weight excluding hydrogens is 360 g/mol. The van der Waals surface area contributed by atoms with Gasteiger partial charge < -0.3 is 22.8 Å². The lowest BCUT2D eigenvalue weighted by molar-refractivity contribution is 0.121. The maximum atomic E-state index is 6.18. The number of hydrogen-bond acceptors (Lipinski definition) is 5. The van der Waals surface area contributed by atoms with Crippen LogP contribution in [0.25, 0.3) is 11.1 Å². The zero-order valence-corrected chi connectivity index (χ0v) is 17.7. The summed E-state index contributed by atoms with van der Waals surface area (Å²) in [4.78, 5) is 0. The third kappa shape index (κ3) is 5.81. The Balaban J connectivity index is 2.15. The van der Waals surface area contributed by atoms with E-state index in [1.165, 1.54) is 0 Å². The molecule has 148 valence electrons. The van der Waals surface area contributed by atoms with Gasteiger partial charge in [0.05, 0.1) is 13.2 Å². The van der Waals surface area contributed by atoms with Gasteiger partial charge in [-0.2, -0.15) is 0 Å². The Labute approximate surface area is 163 Å². The maximum Gasteiger partial charge on any atom is 0.500 e. The first kappa shape index (κ1) is 21.4. The molecule has 0 aliphatic heterocycles. The van der Waals surface area contributed by atoms with Gasteiger partial charge in [-0.3, -0.25) is 0 Å². The fourth-order valence-corrected chi connectivity index (χ4v) is 4.54. The lowest BCUT2D eigenvalue weighted by atomic mass is 10.0. The van der Waals surface area contributed by atoms with Crippen LogP contribution in [-0.2, 0) is 13.3 Å². The van der Waals surface area contributed by atoms with Crippen LogP contribution in [0.4, 0.5) is 0 Å². The highest BCUT2D eigenvalue weighted by Gasteiger charge is 2.37. The van der Waals surface area contributed by atoms with Crippen molar-refractivity contribution >= 4 is 8.80 Å². The zero-order valence-electron chi connectivity index (χ0n) is 16.7. The van der Waals surface area contributed by atoms with Gasteiger partial charge >= 0.3 is 8.80 Å². The maximum absolute atomic E-state index is 6.18. The summed E-state index contributed by atoms with van der Waals surface area (Å²) in [6, 6.07) is 16.9. The minimum Gasteiger partial charge on any atom is -0.490 e. The molecule has 0 fully saturated rings. The molecule has 0 saturated carbocycles. The second-order valence-electron chi connectivity index (χ2n) is 6.09. The molecule has 2 rings (SSSR count). The average Bonchev–Trinajstić information content (AvgIpc) is 2.74. The van der Waals surface area contributed by atoms with Crippen molar-refractivity contribution < 1.29 is 22.8 Å². The molecule has 5 nitrogen and oxygen atoms in total. The molecule has 0 spiro atoms. The van der Waals surface area contributed by atoms with Crippen LogP contribution in [0.1, 0.15) is 19.8 Å². The van der Waals surface area contributed by atoms with Crippen LogP contribution >= 0.6 is 0 Å². The minimum absolute atomic E-state index is 0.525. The van der Waals surface area contributed by atoms with E-state index >= 15 is 0 Å². The highest BCUT2D eigenvalue weighted by molar-refractivity contribution is 6.60. The molecule has 0 radical (unpaired) electrons. The summed E-state index contributed by atoms with van der Waals surface area (Å²) in [5.41, 5.74) is 2.13. The van der Waals surface area contributed by atoms with E-state index in [-0.39, 0.29) is 0 Å². The van der Waals surface area contributed by atoms with Crippen LogP contribution in [0.3, 0.4) is 0 Å². The number of hydrogen-bond donors (Lipinski definition) is 0. The van der Waals surface area contributed by atoms with Crippen LogP contribution < -0.4 is 9.47 Å². The van der Waals surface area contributed by atoms with Crippen LogP contribution in [0, 0.1) is 0 Å². The van der Waals surface area contributed by atoms with Gasteiger partial charge in [0.25, 0.3) is 0 Å². The molecule has 2 aromatic rings. The van der Waals surface area contributed by atoms with E-state index in [1.807, 2.05) is 30.3 Å². The van der Waals surface area contributed by atoms with Crippen molar-refractivity contribution in [1.82, 2.24) is 0 Å². The molecule has 2 aromatic carbocycles. The monoisotopic (exact) mass is 390 g/mol. The van der Waals surface area contributed by atoms with Crippen LogP contribution in [0.5, 0.6) is 11.5 Å². The van der Waals surface area contributed by atoms with E-state index in [0.717, 1.165) is 35.5 Å². The first-order chi connectivity index (χ1) is 13.2. The standard InChI is InChI=1S/C21H30O5Si/c1-5-15-25-20-14-9-13-19(18-11-7-6-8-12-18)21(20)26-16-10-17-27(22-2,23-3)24-4/h6-9,11-14H,5,10,15-17H2,1-4H3. The van der Waals surface area contributed by atoms with Gasteiger partial charge in [-0.25, -0.2) is 0 Å². The molecule has 0 atom stereocenters. The Morgan fingerprint density at radius 2 is 1.48 bits per heavy atom. The fraction of sp³-hybridized carbons (Fsp3) is 0.429. The smallest absolute Gasteiger partial charge is 0.490 e. The summed E-state index contributed by atoms with van der Waals surface area (Å²) >= 11 is 0. The van der Waals surface area contributed by atoms with Crippen molar-refractivity contribution in [1.29, 1.82) is 0 Å². The molecule has 0 aliphatic rings. The quantitative estimate of drug-likeness (QED) is 0.385. The summed E-state index contributed by atoms with van der Waals surface area (Å²) in [5.74, 6) is 1.55. The number of ether oxygens (including phenoxy) is 2. The normalized spacial score (nSPS) is 11.4. The van der Waals surface area contributed by atoms with Crippen molar-refractivity contribution in [3.8, 4) is 22.6 Å². The zero-order chi connectivity index (χ0) is 19.5. The van der Waals surface area contributed by atoms with E-state index in [4.69, 9.17) is 22.8 Å². The molecule has 27 heavy (non-hydrogen) atoms. The summed E-state index contributed by atoms with van der Waals surface area (Å²) < 4.78 is 28.5. The highest BCUT2D eigenvalue weighted by atomic mass is 28.4. The van der Waals surface area contributed by atoms with Gasteiger partial charge in [-0.05, 0) is 24.5 Å². The Morgan fingerprint density at radius 1 is 0.778 bits per heavy atom. The second kappa shape index (κ2) is 11.1. The predicted octanol–water partition coefficient (Wildman–Crippen LogP) is 4.79. The van der Waals surface area contributed by atoms with E-state index in [2.05, 4.69) is 25.1 Å². The second-order valence-corrected chi connectivity index (χ2v) is 9.19. The number of para-hydroxylation sites is 1. The number of benzene rings is 2. The lowest BCUT2D eigenvalue weighted by Gasteiger charge is -2.24. The van der Waals surface area contributed by atoms with Gasteiger partial charge in [0.15, 0.2) is 11.5 Å². The molecule has 0 heterocycles. The molecule has 0 aliphatic carbocycles. The van der Waals surface area contributed by atoms with E-state index < -0.39 is 8.80 Å². The molecule has 0 bridgehead atoms. The minimum atomic E-state index is -2.58. The summed E-state index contributed by atoms with van der Waals surface area (Å²) in [6.45, 7) is 3.27. The Bertz CT molecular complexity index is 665. The van der Waals surface area contributed by atoms with Crippen LogP contribution in [-0.4, -0.2) is 43.3 Å². The molecule has 0 amide bonds. The predicted molar refractivity (Wildman–Crippen MR) is 109 cm³/mol. The first-order valence-corrected chi connectivity index (χ1v) is 11.2. The van der Waals surface area contributed by atoms with Gasteiger partial charge in [-0.1, -0.05) is 49.4 Å². The van der Waals surface area contributed by atoms with E-state index in [9.17, 15) is 0 Å². The van der Waals surface area contributed by atoms with Crippen LogP contribution in [0.15, 0.2) is 48.5 Å². The molecule has 6 heteroatoms. The summed E-state index contributed by atoms with van der Waals surface area (Å²) in [5, 5.41) is 0. The van der Waals surface area contributed by atoms with Crippen molar-refractivity contribution in [2.24, 2.45) is 0 Å². The summed E-state index contributed by atoms with van der Waals surface area (Å²) in [7, 11) is 2.30. The lowest BCUT2D eigenvalue weighted by Crippen LogP contribution is -2.42. The fourth-order valence-electron chi connectivity index (χ4n) is 2.85. The van der Waals surface area contributed by atoms with E-state index in [1.54, 1.807) is 21.3 Å². The van der Waals surface area contributed by atoms with E-state index in [0.29, 0.717) is 19.3 Å². The molecular formula is C21H30O5Si. The third-order valence-electron chi connectivity index (χ3n) is 4.33. The topological polar surface area (TPSA) is 46.2 Å². The SMILES string of the molecule is CCCOc1cccc(-c2ccccc2)c1OCCC[Si](OC)(OC)OC. The van der Waals surface area contributed by atoms with Crippen molar-refractivity contribution in [3.05, 3.63) is 48.5 Å². The average molecular weight is 391 g/mol. The summed E-state index contributed by atoms with van der Waals surface area (Å²) in [6.07, 6.45) is 1.71. The molecule has 0 unspecified atom stereocenters. The van der Waals surface area contributed by atoms with Gasteiger partial charge in [0.2, 0.25) is 0 Å². The number of rotatable bonds is 12. The van der Waals surface area contributed by atoms with Gasteiger partial charge in [0.1, 0.15) is 0 Å². The van der Waals surface area contributed by atoms with Gasteiger partial charge in [0, 0.05) is 32.9 Å². The molecule has 0 aromatic heterocycles. The Morgan fingerprint density at radius 3 is 2.11 bits per heavy atom. The van der Waals surface area contributed by atoms with Crippen molar-refractivity contribution in [2.45, 2.75) is 25.8 Å². The largest absolute Gasteiger partial charge is 0.500 e. The van der Waals surface area contributed by atoms with Crippen molar-refractivity contribution in [3.63, 3.8) is 0 Å².